The number of hydrogen-bond acceptors (Lipinski definition) is 5. The number of carbonyl (C=O) groups is 1. The summed E-state index contributed by atoms with van der Waals surface area (Å²) in [5, 5.41) is 7.03. The number of benzene rings is 1. The zero-order valence-electron chi connectivity index (χ0n) is 14.6. The fourth-order valence-corrected chi connectivity index (χ4v) is 3.21. The van der Waals surface area contributed by atoms with E-state index >= 15 is 0 Å². The number of unbranched alkanes of at least 4 members (excludes halogenated alkanes) is 1. The standard InChI is InChI=1S/C18H20N4O3S/c1-3-4-5-14-12-17(22-16(20-14)10-11-19-22)21-18(23)13-6-8-15(9-7-13)26(2,24)25/h6-12H,3-5H2,1-2H3,(H,21,23). The van der Waals surface area contributed by atoms with Crippen LogP contribution in [0.1, 0.15) is 35.8 Å². The molecule has 0 fully saturated rings. The summed E-state index contributed by atoms with van der Waals surface area (Å²) in [5.74, 6) is 0.192. The van der Waals surface area contributed by atoms with E-state index in [1.54, 1.807) is 16.8 Å². The lowest BCUT2D eigenvalue weighted by molar-refractivity contribution is 0.102. The average molecular weight is 372 g/mol. The van der Waals surface area contributed by atoms with Gasteiger partial charge in [-0.05, 0) is 37.1 Å². The number of amides is 1. The van der Waals surface area contributed by atoms with Crippen molar-refractivity contribution in [3.05, 3.63) is 53.9 Å². The van der Waals surface area contributed by atoms with Crippen molar-refractivity contribution < 1.29 is 13.2 Å². The Morgan fingerprint density at radius 3 is 2.58 bits per heavy atom. The first kappa shape index (κ1) is 18.1. The van der Waals surface area contributed by atoms with Gasteiger partial charge in [-0.2, -0.15) is 9.61 Å². The zero-order valence-corrected chi connectivity index (χ0v) is 15.5. The zero-order chi connectivity index (χ0) is 18.7. The highest BCUT2D eigenvalue weighted by Crippen LogP contribution is 2.16. The maximum Gasteiger partial charge on any atom is 0.256 e. The molecule has 1 amide bonds. The Morgan fingerprint density at radius 1 is 1.19 bits per heavy atom. The third-order valence-corrected chi connectivity index (χ3v) is 5.11. The van der Waals surface area contributed by atoms with Crippen molar-refractivity contribution in [2.45, 2.75) is 31.1 Å². The Kier molecular flexibility index (Phi) is 5.03. The number of nitrogens with one attached hydrogen (secondary N) is 1. The van der Waals surface area contributed by atoms with Gasteiger partial charge in [-0.25, -0.2) is 13.4 Å². The lowest BCUT2D eigenvalue weighted by Gasteiger charge is -2.10. The van der Waals surface area contributed by atoms with Gasteiger partial charge in [0.1, 0.15) is 5.82 Å². The quantitative estimate of drug-likeness (QED) is 0.718. The largest absolute Gasteiger partial charge is 0.306 e. The number of carbonyl (C=O) groups excluding carboxylic acids is 1. The van der Waals surface area contributed by atoms with Crippen molar-refractivity contribution in [3.63, 3.8) is 0 Å². The Labute approximate surface area is 152 Å². The smallest absolute Gasteiger partial charge is 0.256 e. The van der Waals surface area contributed by atoms with Gasteiger partial charge in [0.2, 0.25) is 0 Å². The molecule has 3 rings (SSSR count). The summed E-state index contributed by atoms with van der Waals surface area (Å²) in [4.78, 5) is 17.3. The van der Waals surface area contributed by atoms with Gasteiger partial charge in [0.05, 0.1) is 11.1 Å². The molecule has 0 radical (unpaired) electrons. The number of nitrogens with zero attached hydrogens (tertiary/aromatic N) is 3. The molecule has 0 saturated heterocycles. The molecule has 0 spiro atoms. The fourth-order valence-electron chi connectivity index (χ4n) is 2.58. The summed E-state index contributed by atoms with van der Waals surface area (Å²) in [6.45, 7) is 2.11. The molecule has 7 nitrogen and oxygen atoms in total. The molecule has 0 aliphatic heterocycles. The second-order valence-corrected chi connectivity index (χ2v) is 8.10. The molecule has 2 heterocycles. The minimum atomic E-state index is -3.29. The lowest BCUT2D eigenvalue weighted by atomic mass is 10.2. The molecule has 0 bridgehead atoms. The third-order valence-electron chi connectivity index (χ3n) is 3.99. The van der Waals surface area contributed by atoms with Gasteiger partial charge in [-0.15, -0.1) is 0 Å². The first-order valence-corrected chi connectivity index (χ1v) is 10.2. The van der Waals surface area contributed by atoms with Gasteiger partial charge < -0.3 is 5.32 Å². The Balaban J connectivity index is 1.87. The van der Waals surface area contributed by atoms with E-state index in [4.69, 9.17) is 0 Å². The van der Waals surface area contributed by atoms with E-state index in [9.17, 15) is 13.2 Å². The van der Waals surface area contributed by atoms with Gasteiger partial charge in [0.15, 0.2) is 15.5 Å². The average Bonchev–Trinajstić information content (AvgIpc) is 3.08. The van der Waals surface area contributed by atoms with E-state index < -0.39 is 9.84 Å². The summed E-state index contributed by atoms with van der Waals surface area (Å²) < 4.78 is 24.6. The highest BCUT2D eigenvalue weighted by molar-refractivity contribution is 7.90. The molecule has 1 N–H and O–H groups in total. The summed E-state index contributed by atoms with van der Waals surface area (Å²) in [7, 11) is -3.29. The van der Waals surface area contributed by atoms with Crippen LogP contribution in [0.5, 0.6) is 0 Å². The molecule has 8 heteroatoms. The predicted octanol–water partition coefficient (Wildman–Crippen LogP) is 2.73. The highest BCUT2D eigenvalue weighted by atomic mass is 32.2. The number of fused-ring (bicyclic) bond motifs is 1. The van der Waals surface area contributed by atoms with Crippen LogP contribution in [0.15, 0.2) is 47.5 Å². The summed E-state index contributed by atoms with van der Waals surface area (Å²) >= 11 is 0. The molecule has 0 saturated carbocycles. The topological polar surface area (TPSA) is 93.4 Å². The Hall–Kier alpha value is -2.74. The van der Waals surface area contributed by atoms with Crippen LogP contribution in [0.3, 0.4) is 0 Å². The summed E-state index contributed by atoms with van der Waals surface area (Å²) in [6.07, 6.45) is 5.65. The van der Waals surface area contributed by atoms with Crippen molar-refractivity contribution in [1.82, 2.24) is 14.6 Å². The van der Waals surface area contributed by atoms with Gasteiger partial charge in [0.25, 0.3) is 5.91 Å². The number of aryl methyl sites for hydroxylation is 1. The first-order chi connectivity index (χ1) is 12.4. The number of anilines is 1. The van der Waals surface area contributed by atoms with Gasteiger partial charge in [0, 0.05) is 29.6 Å². The molecule has 0 atom stereocenters. The SMILES string of the molecule is CCCCc1cc(NC(=O)c2ccc(S(C)(=O)=O)cc2)n2nccc2n1. The molecule has 2 aromatic heterocycles. The second kappa shape index (κ2) is 7.25. The van der Waals surface area contributed by atoms with Crippen molar-refractivity contribution in [1.29, 1.82) is 0 Å². The van der Waals surface area contributed by atoms with Crippen LogP contribution in [0.25, 0.3) is 5.65 Å². The number of aromatic nitrogens is 3. The van der Waals surface area contributed by atoms with Gasteiger partial charge >= 0.3 is 0 Å². The van der Waals surface area contributed by atoms with E-state index in [0.717, 1.165) is 31.2 Å². The third kappa shape index (κ3) is 3.91. The van der Waals surface area contributed by atoms with Gasteiger partial charge in [-0.1, -0.05) is 13.3 Å². The van der Waals surface area contributed by atoms with Crippen molar-refractivity contribution in [3.8, 4) is 0 Å². The van der Waals surface area contributed by atoms with E-state index in [-0.39, 0.29) is 10.8 Å². The van der Waals surface area contributed by atoms with E-state index in [2.05, 4.69) is 22.3 Å². The van der Waals surface area contributed by atoms with Crippen LogP contribution >= 0.6 is 0 Å². The minimum Gasteiger partial charge on any atom is -0.306 e. The Morgan fingerprint density at radius 2 is 1.92 bits per heavy atom. The number of sulfone groups is 1. The second-order valence-electron chi connectivity index (χ2n) is 6.09. The van der Waals surface area contributed by atoms with Crippen LogP contribution in [-0.2, 0) is 16.3 Å². The molecular weight excluding hydrogens is 352 g/mol. The van der Waals surface area contributed by atoms with Crippen LogP contribution in [0.4, 0.5) is 5.82 Å². The van der Waals surface area contributed by atoms with Crippen molar-refractivity contribution in [2.75, 3.05) is 11.6 Å². The molecule has 0 unspecified atom stereocenters. The van der Waals surface area contributed by atoms with Crippen molar-refractivity contribution >= 4 is 27.2 Å². The predicted molar refractivity (Wildman–Crippen MR) is 99.1 cm³/mol. The normalized spacial score (nSPS) is 11.6. The molecule has 1 aromatic carbocycles. The van der Waals surface area contributed by atoms with E-state index in [1.165, 1.54) is 24.3 Å². The lowest BCUT2D eigenvalue weighted by Crippen LogP contribution is -2.16. The number of hydrogen-bond donors (Lipinski definition) is 1. The molecule has 26 heavy (non-hydrogen) atoms. The van der Waals surface area contributed by atoms with E-state index in [0.29, 0.717) is 17.0 Å². The van der Waals surface area contributed by atoms with Gasteiger partial charge in [-0.3, -0.25) is 4.79 Å². The Bertz CT molecular complexity index is 1040. The summed E-state index contributed by atoms with van der Waals surface area (Å²) in [6, 6.07) is 9.43. The maximum absolute atomic E-state index is 12.5. The molecule has 0 aliphatic rings. The number of rotatable bonds is 6. The minimum absolute atomic E-state index is 0.175. The molecule has 3 aromatic rings. The van der Waals surface area contributed by atoms with Crippen molar-refractivity contribution in [2.24, 2.45) is 0 Å². The molecule has 136 valence electrons. The first-order valence-electron chi connectivity index (χ1n) is 8.33. The van der Waals surface area contributed by atoms with E-state index in [1.807, 2.05) is 6.07 Å². The van der Waals surface area contributed by atoms with Crippen LogP contribution in [0, 0.1) is 0 Å². The fraction of sp³-hybridized carbons (Fsp3) is 0.278. The monoisotopic (exact) mass is 372 g/mol. The summed E-state index contributed by atoms with van der Waals surface area (Å²) in [5.41, 5.74) is 1.92. The van der Waals surface area contributed by atoms with Crippen LogP contribution in [-0.4, -0.2) is 35.2 Å². The van der Waals surface area contributed by atoms with Crippen LogP contribution in [0.2, 0.25) is 0 Å². The van der Waals surface area contributed by atoms with Crippen LogP contribution < -0.4 is 5.32 Å². The molecule has 0 aliphatic carbocycles. The molecular formula is C18H20N4O3S. The maximum atomic E-state index is 12.5. The highest BCUT2D eigenvalue weighted by Gasteiger charge is 2.13.